The molecule has 2 aromatic carbocycles. The highest BCUT2D eigenvalue weighted by atomic mass is 35.5. The highest BCUT2D eigenvalue weighted by molar-refractivity contribution is 6.36. The molecule has 0 bridgehead atoms. The predicted octanol–water partition coefficient (Wildman–Crippen LogP) is 5.17. The molecule has 25 heavy (non-hydrogen) atoms. The Labute approximate surface area is 157 Å². The zero-order valence-corrected chi connectivity index (χ0v) is 15.4. The van der Waals surface area contributed by atoms with Crippen molar-refractivity contribution >= 4 is 40.5 Å². The number of carbonyl (C=O) groups is 1. The fourth-order valence-electron chi connectivity index (χ4n) is 2.23. The van der Waals surface area contributed by atoms with Gasteiger partial charge < -0.3 is 10.2 Å². The quantitative estimate of drug-likeness (QED) is 0.580. The molecule has 1 N–H and O–H groups in total. The number of nitrogens with zero attached hydrogens (tertiary/aromatic N) is 2. The van der Waals surface area contributed by atoms with Gasteiger partial charge in [0.2, 0.25) is 0 Å². The van der Waals surface area contributed by atoms with Crippen molar-refractivity contribution in [3.63, 3.8) is 0 Å². The highest BCUT2D eigenvalue weighted by Gasteiger charge is 2.14. The fourth-order valence-corrected chi connectivity index (χ4v) is 2.69. The molecule has 0 atom stereocenters. The normalized spacial score (nSPS) is 10.9. The van der Waals surface area contributed by atoms with Crippen LogP contribution in [0.3, 0.4) is 0 Å². The smallest absolute Gasteiger partial charge is 0.267 e. The van der Waals surface area contributed by atoms with E-state index in [-0.39, 0.29) is 5.57 Å². The molecule has 0 saturated heterocycles. The van der Waals surface area contributed by atoms with E-state index in [2.05, 4.69) is 5.32 Å². The van der Waals surface area contributed by atoms with E-state index in [1.807, 2.05) is 49.1 Å². The number of nitrogens with one attached hydrogen (secondary N) is 1. The van der Waals surface area contributed by atoms with Crippen LogP contribution >= 0.6 is 23.2 Å². The van der Waals surface area contributed by atoms with Gasteiger partial charge in [0.1, 0.15) is 11.6 Å². The monoisotopic (exact) mass is 373 g/mol. The molecule has 4 nitrogen and oxygen atoms in total. The van der Waals surface area contributed by atoms with Crippen molar-refractivity contribution in [1.29, 1.82) is 5.26 Å². The first-order valence-electron chi connectivity index (χ1n) is 7.66. The van der Waals surface area contributed by atoms with Gasteiger partial charge in [-0.05, 0) is 49.7 Å². The SMILES string of the molecule is CCN(/C=C(/C#N)C(=O)Nc1ccc(Cl)cc1Cl)c1cccc(C)c1. The van der Waals surface area contributed by atoms with Gasteiger partial charge >= 0.3 is 0 Å². The molecule has 0 aliphatic carbocycles. The van der Waals surface area contributed by atoms with Crippen LogP contribution in [0.15, 0.2) is 54.2 Å². The summed E-state index contributed by atoms with van der Waals surface area (Å²) >= 11 is 11.9. The molecular formula is C19H17Cl2N3O. The molecular weight excluding hydrogens is 357 g/mol. The average molecular weight is 374 g/mol. The van der Waals surface area contributed by atoms with E-state index < -0.39 is 5.91 Å². The first-order valence-corrected chi connectivity index (χ1v) is 8.41. The summed E-state index contributed by atoms with van der Waals surface area (Å²) < 4.78 is 0. The molecule has 0 heterocycles. The molecule has 0 fully saturated rings. The Bertz CT molecular complexity index is 856. The number of halogens is 2. The van der Waals surface area contributed by atoms with Crippen LogP contribution in [-0.4, -0.2) is 12.5 Å². The third kappa shape index (κ3) is 4.99. The van der Waals surface area contributed by atoms with Gasteiger partial charge in [0.25, 0.3) is 5.91 Å². The van der Waals surface area contributed by atoms with Gasteiger partial charge in [-0.25, -0.2) is 0 Å². The molecule has 2 rings (SSSR count). The maximum absolute atomic E-state index is 12.4. The fraction of sp³-hybridized carbons (Fsp3) is 0.158. The molecule has 0 aromatic heterocycles. The summed E-state index contributed by atoms with van der Waals surface area (Å²) in [6, 6.07) is 14.5. The molecule has 0 radical (unpaired) electrons. The first kappa shape index (κ1) is 18.9. The van der Waals surface area contributed by atoms with Crippen LogP contribution in [-0.2, 0) is 4.79 Å². The summed E-state index contributed by atoms with van der Waals surface area (Å²) in [6.07, 6.45) is 1.54. The lowest BCUT2D eigenvalue weighted by atomic mass is 10.2. The number of nitriles is 1. The van der Waals surface area contributed by atoms with Crippen molar-refractivity contribution in [3.05, 3.63) is 69.8 Å². The van der Waals surface area contributed by atoms with E-state index in [9.17, 15) is 10.1 Å². The van der Waals surface area contributed by atoms with Gasteiger partial charge in [0.15, 0.2) is 0 Å². The second-order valence-electron chi connectivity index (χ2n) is 5.36. The lowest BCUT2D eigenvalue weighted by Gasteiger charge is -2.19. The second-order valence-corrected chi connectivity index (χ2v) is 6.20. The average Bonchev–Trinajstić information content (AvgIpc) is 2.58. The van der Waals surface area contributed by atoms with E-state index >= 15 is 0 Å². The molecule has 0 unspecified atom stereocenters. The van der Waals surface area contributed by atoms with Gasteiger partial charge in [0.05, 0.1) is 10.7 Å². The van der Waals surface area contributed by atoms with Crippen molar-refractivity contribution in [3.8, 4) is 6.07 Å². The Morgan fingerprint density at radius 2 is 2.04 bits per heavy atom. The van der Waals surface area contributed by atoms with Crippen LogP contribution < -0.4 is 10.2 Å². The van der Waals surface area contributed by atoms with Crippen molar-refractivity contribution in [1.82, 2.24) is 0 Å². The molecule has 0 saturated carbocycles. The van der Waals surface area contributed by atoms with Crippen molar-refractivity contribution in [2.24, 2.45) is 0 Å². The lowest BCUT2D eigenvalue weighted by Crippen LogP contribution is -2.20. The molecule has 0 spiro atoms. The van der Waals surface area contributed by atoms with E-state index in [1.54, 1.807) is 12.1 Å². The Kier molecular flexibility index (Phi) is 6.46. The minimum atomic E-state index is -0.530. The minimum Gasteiger partial charge on any atom is -0.347 e. The van der Waals surface area contributed by atoms with Gasteiger partial charge in [-0.3, -0.25) is 4.79 Å². The third-order valence-corrected chi connectivity index (χ3v) is 4.05. The Hall–Kier alpha value is -2.48. The zero-order chi connectivity index (χ0) is 18.4. The second kappa shape index (κ2) is 8.57. The summed E-state index contributed by atoms with van der Waals surface area (Å²) in [7, 11) is 0. The number of anilines is 2. The number of hydrogen-bond acceptors (Lipinski definition) is 3. The Morgan fingerprint density at radius 3 is 2.64 bits per heavy atom. The molecule has 0 aliphatic heterocycles. The maximum Gasteiger partial charge on any atom is 0.267 e. The topological polar surface area (TPSA) is 56.1 Å². The van der Waals surface area contributed by atoms with Crippen molar-refractivity contribution in [2.75, 3.05) is 16.8 Å². The molecule has 6 heteroatoms. The Morgan fingerprint density at radius 1 is 1.28 bits per heavy atom. The number of aryl methyl sites for hydroxylation is 1. The van der Waals surface area contributed by atoms with E-state index in [0.29, 0.717) is 22.3 Å². The standard InChI is InChI=1S/C19H17Cl2N3O/c1-3-24(16-6-4-5-13(2)9-16)12-14(11-22)19(25)23-18-8-7-15(20)10-17(18)21/h4-10,12H,3H2,1-2H3,(H,23,25)/b14-12-. The van der Waals surface area contributed by atoms with Crippen LogP contribution in [0.1, 0.15) is 12.5 Å². The molecule has 2 aromatic rings. The van der Waals surface area contributed by atoms with Gasteiger partial charge in [-0.1, -0.05) is 35.3 Å². The number of rotatable bonds is 5. The van der Waals surface area contributed by atoms with E-state index in [0.717, 1.165) is 11.3 Å². The van der Waals surface area contributed by atoms with E-state index in [1.165, 1.54) is 12.3 Å². The molecule has 1 amide bonds. The Balaban J connectivity index is 2.26. The summed E-state index contributed by atoms with van der Waals surface area (Å²) in [6.45, 7) is 4.55. The third-order valence-electron chi connectivity index (χ3n) is 3.50. The summed E-state index contributed by atoms with van der Waals surface area (Å²) in [5.74, 6) is -0.530. The lowest BCUT2D eigenvalue weighted by molar-refractivity contribution is -0.112. The number of benzene rings is 2. The summed E-state index contributed by atoms with van der Waals surface area (Å²) in [4.78, 5) is 14.3. The minimum absolute atomic E-state index is 0.0191. The van der Waals surface area contributed by atoms with Gasteiger partial charge in [0, 0.05) is 23.5 Å². The number of hydrogen-bond donors (Lipinski definition) is 1. The summed E-state index contributed by atoms with van der Waals surface area (Å²) in [5.41, 5.74) is 2.39. The van der Waals surface area contributed by atoms with Crippen molar-refractivity contribution in [2.45, 2.75) is 13.8 Å². The van der Waals surface area contributed by atoms with Gasteiger partial charge in [-0.2, -0.15) is 5.26 Å². The predicted molar refractivity (Wildman–Crippen MR) is 103 cm³/mol. The first-order chi connectivity index (χ1) is 11.9. The highest BCUT2D eigenvalue weighted by Crippen LogP contribution is 2.26. The zero-order valence-electron chi connectivity index (χ0n) is 13.9. The maximum atomic E-state index is 12.4. The van der Waals surface area contributed by atoms with Crippen LogP contribution in [0.25, 0.3) is 0 Å². The van der Waals surface area contributed by atoms with Gasteiger partial charge in [-0.15, -0.1) is 0 Å². The van der Waals surface area contributed by atoms with Crippen LogP contribution in [0, 0.1) is 18.3 Å². The van der Waals surface area contributed by atoms with Crippen molar-refractivity contribution < 1.29 is 4.79 Å². The largest absolute Gasteiger partial charge is 0.347 e. The molecule has 0 aliphatic rings. The van der Waals surface area contributed by atoms with Crippen LogP contribution in [0.5, 0.6) is 0 Å². The summed E-state index contributed by atoms with van der Waals surface area (Å²) in [5, 5.41) is 12.8. The van der Waals surface area contributed by atoms with E-state index in [4.69, 9.17) is 23.2 Å². The molecule has 128 valence electrons. The van der Waals surface area contributed by atoms with Crippen LogP contribution in [0.4, 0.5) is 11.4 Å². The number of carbonyl (C=O) groups excluding carboxylic acids is 1. The van der Waals surface area contributed by atoms with Crippen LogP contribution in [0.2, 0.25) is 10.0 Å². The number of amides is 1.